The summed E-state index contributed by atoms with van der Waals surface area (Å²) in [6.45, 7) is 2.05. The first-order valence-electron chi connectivity index (χ1n) is 8.15. The molecule has 26 heavy (non-hydrogen) atoms. The maximum absolute atomic E-state index is 13.5. The van der Waals surface area contributed by atoms with Crippen molar-refractivity contribution in [2.45, 2.75) is 25.8 Å². The number of hydrogen-bond acceptors (Lipinski definition) is 2. The lowest BCUT2D eigenvalue weighted by molar-refractivity contribution is -0.121. The Balaban J connectivity index is 1.73. The normalized spacial score (nSPS) is 11.7. The molecule has 0 fully saturated rings. The fraction of sp³-hybridized carbons (Fsp3) is 0.263. The second-order valence-corrected chi connectivity index (χ2v) is 6.26. The van der Waals surface area contributed by atoms with E-state index < -0.39 is 17.5 Å². The average molecular weight is 381 g/mol. The van der Waals surface area contributed by atoms with Crippen LogP contribution < -0.4 is 10.6 Å². The molecule has 2 rings (SSSR count). The van der Waals surface area contributed by atoms with Crippen LogP contribution in [0.2, 0.25) is 5.02 Å². The average Bonchev–Trinajstić information content (AvgIpc) is 2.58. The van der Waals surface area contributed by atoms with E-state index in [1.807, 2.05) is 19.1 Å². The summed E-state index contributed by atoms with van der Waals surface area (Å²) in [5.41, 5.74) is 0.663. The zero-order chi connectivity index (χ0) is 19.1. The molecule has 0 saturated heterocycles. The highest BCUT2D eigenvalue weighted by Crippen LogP contribution is 2.17. The van der Waals surface area contributed by atoms with E-state index in [1.54, 1.807) is 12.1 Å². The van der Waals surface area contributed by atoms with E-state index >= 15 is 0 Å². The molecule has 1 unspecified atom stereocenters. The Bertz CT molecular complexity index is 799. The number of amides is 2. The minimum atomic E-state index is -0.921. The molecular formula is C19H19ClF2N2O2. The van der Waals surface area contributed by atoms with Gasteiger partial charge in [-0.15, -0.1) is 0 Å². The first kappa shape index (κ1) is 19.8. The van der Waals surface area contributed by atoms with E-state index in [1.165, 1.54) is 0 Å². The van der Waals surface area contributed by atoms with Crippen LogP contribution in [0.1, 0.15) is 41.7 Å². The van der Waals surface area contributed by atoms with E-state index in [9.17, 15) is 18.4 Å². The zero-order valence-corrected chi connectivity index (χ0v) is 14.9. The van der Waals surface area contributed by atoms with Gasteiger partial charge >= 0.3 is 0 Å². The van der Waals surface area contributed by atoms with Gasteiger partial charge in [0.1, 0.15) is 11.6 Å². The van der Waals surface area contributed by atoms with E-state index in [2.05, 4.69) is 10.6 Å². The lowest BCUT2D eigenvalue weighted by Gasteiger charge is -2.14. The van der Waals surface area contributed by atoms with E-state index in [-0.39, 0.29) is 30.5 Å². The first-order chi connectivity index (χ1) is 12.4. The van der Waals surface area contributed by atoms with Gasteiger partial charge in [0.25, 0.3) is 5.91 Å². The van der Waals surface area contributed by atoms with Crippen molar-refractivity contribution in [3.63, 3.8) is 0 Å². The second-order valence-electron chi connectivity index (χ2n) is 5.83. The van der Waals surface area contributed by atoms with Crippen LogP contribution in [0.3, 0.4) is 0 Å². The van der Waals surface area contributed by atoms with Crippen LogP contribution in [0.5, 0.6) is 0 Å². The molecule has 0 aliphatic carbocycles. The number of benzene rings is 2. The van der Waals surface area contributed by atoms with E-state index in [0.717, 1.165) is 17.7 Å². The fourth-order valence-electron chi connectivity index (χ4n) is 2.39. The summed E-state index contributed by atoms with van der Waals surface area (Å²) < 4.78 is 26.3. The minimum Gasteiger partial charge on any atom is -0.352 e. The maximum Gasteiger partial charge on any atom is 0.254 e. The van der Waals surface area contributed by atoms with Gasteiger partial charge in [0.15, 0.2) is 0 Å². The molecule has 138 valence electrons. The molecule has 1 atom stereocenters. The van der Waals surface area contributed by atoms with E-state index in [4.69, 9.17) is 11.6 Å². The summed E-state index contributed by atoms with van der Waals surface area (Å²) in [5, 5.41) is 5.95. The van der Waals surface area contributed by atoms with Crippen molar-refractivity contribution in [2.24, 2.45) is 0 Å². The van der Waals surface area contributed by atoms with Gasteiger partial charge in [0, 0.05) is 24.1 Å². The van der Waals surface area contributed by atoms with Gasteiger partial charge in [0.05, 0.1) is 11.6 Å². The lowest BCUT2D eigenvalue weighted by Crippen LogP contribution is -2.29. The Morgan fingerprint density at radius 1 is 1.15 bits per heavy atom. The van der Waals surface area contributed by atoms with Gasteiger partial charge in [-0.3, -0.25) is 9.59 Å². The molecule has 0 heterocycles. The molecule has 0 radical (unpaired) electrons. The highest BCUT2D eigenvalue weighted by atomic mass is 35.5. The number of hydrogen-bond donors (Lipinski definition) is 2. The van der Waals surface area contributed by atoms with Gasteiger partial charge < -0.3 is 10.6 Å². The molecule has 4 nitrogen and oxygen atoms in total. The van der Waals surface area contributed by atoms with Crippen LogP contribution >= 0.6 is 11.6 Å². The third-order valence-electron chi connectivity index (χ3n) is 3.77. The summed E-state index contributed by atoms with van der Waals surface area (Å²) in [4.78, 5) is 23.8. The van der Waals surface area contributed by atoms with E-state index in [0.29, 0.717) is 17.5 Å². The first-order valence-corrected chi connectivity index (χ1v) is 8.52. The highest BCUT2D eigenvalue weighted by molar-refractivity contribution is 6.30. The predicted octanol–water partition coefficient (Wildman–Crippen LogP) is 4.01. The molecular weight excluding hydrogens is 362 g/mol. The van der Waals surface area contributed by atoms with Crippen LogP contribution in [0.25, 0.3) is 0 Å². The van der Waals surface area contributed by atoms with Crippen LogP contribution in [0.4, 0.5) is 8.78 Å². The van der Waals surface area contributed by atoms with Gasteiger partial charge in [0.2, 0.25) is 5.91 Å². The number of carbonyl (C=O) groups excluding carboxylic acids is 2. The third kappa shape index (κ3) is 5.81. The summed E-state index contributed by atoms with van der Waals surface area (Å²) in [5.74, 6) is -2.48. The quantitative estimate of drug-likeness (QED) is 0.713. The minimum absolute atomic E-state index is 0.167. The molecule has 0 aliphatic rings. The monoisotopic (exact) mass is 380 g/mol. The topological polar surface area (TPSA) is 58.2 Å². The highest BCUT2D eigenvalue weighted by Gasteiger charge is 2.13. The largest absolute Gasteiger partial charge is 0.352 e. The zero-order valence-electron chi connectivity index (χ0n) is 14.2. The Morgan fingerprint density at radius 3 is 2.62 bits per heavy atom. The Morgan fingerprint density at radius 2 is 1.92 bits per heavy atom. The van der Waals surface area contributed by atoms with Gasteiger partial charge in [-0.1, -0.05) is 23.7 Å². The predicted molar refractivity (Wildman–Crippen MR) is 95.9 cm³/mol. The summed E-state index contributed by atoms with van der Waals surface area (Å²) in [7, 11) is 0. The van der Waals surface area contributed by atoms with Gasteiger partial charge in [-0.05, 0) is 43.2 Å². The molecule has 2 aromatic rings. The molecule has 0 spiro atoms. The van der Waals surface area contributed by atoms with Crippen molar-refractivity contribution in [2.75, 3.05) is 6.54 Å². The maximum atomic E-state index is 13.5. The van der Waals surface area contributed by atoms with Crippen LogP contribution in [0, 0.1) is 11.6 Å². The van der Waals surface area contributed by atoms with Gasteiger partial charge in [-0.2, -0.15) is 0 Å². The summed E-state index contributed by atoms with van der Waals surface area (Å²) in [6.07, 6.45) is 0.597. The van der Waals surface area contributed by atoms with Crippen LogP contribution in [-0.2, 0) is 4.79 Å². The van der Waals surface area contributed by atoms with Crippen molar-refractivity contribution in [1.82, 2.24) is 10.6 Å². The lowest BCUT2D eigenvalue weighted by atomic mass is 10.1. The van der Waals surface area contributed by atoms with Crippen molar-refractivity contribution in [3.8, 4) is 0 Å². The standard InChI is InChI=1S/C19H19ClF2N2O2/c1-12(13-4-2-5-14(20)10-13)24-18(25)6-3-9-23-19(26)16-8-7-15(21)11-17(16)22/h2,4-5,7-8,10-12H,3,6,9H2,1H3,(H,23,26)(H,24,25). The van der Waals surface area contributed by atoms with Crippen LogP contribution in [0.15, 0.2) is 42.5 Å². The van der Waals surface area contributed by atoms with Crippen molar-refractivity contribution < 1.29 is 18.4 Å². The number of carbonyl (C=O) groups is 2. The summed E-state index contributed by atoms with van der Waals surface area (Å²) >= 11 is 5.93. The molecule has 0 saturated carbocycles. The molecule has 0 bridgehead atoms. The Hall–Kier alpha value is -2.47. The second kappa shape index (κ2) is 9.29. The molecule has 0 aliphatic heterocycles. The van der Waals surface area contributed by atoms with Crippen molar-refractivity contribution in [3.05, 3.63) is 70.2 Å². The number of halogens is 3. The molecule has 2 amide bonds. The molecule has 0 aromatic heterocycles. The third-order valence-corrected chi connectivity index (χ3v) is 4.00. The Kier molecular flexibility index (Phi) is 7.09. The Labute approximate surface area is 155 Å². The molecule has 7 heteroatoms. The smallest absolute Gasteiger partial charge is 0.254 e. The summed E-state index contributed by atoms with van der Waals surface area (Å²) in [6, 6.07) is 9.78. The van der Waals surface area contributed by atoms with Crippen molar-refractivity contribution >= 4 is 23.4 Å². The SMILES string of the molecule is CC(NC(=O)CCCNC(=O)c1ccc(F)cc1F)c1cccc(Cl)c1. The number of rotatable bonds is 7. The van der Waals surface area contributed by atoms with Crippen LogP contribution in [-0.4, -0.2) is 18.4 Å². The molecule has 2 aromatic carbocycles. The fourth-order valence-corrected chi connectivity index (χ4v) is 2.59. The van der Waals surface area contributed by atoms with Crippen molar-refractivity contribution in [1.29, 1.82) is 0 Å². The van der Waals surface area contributed by atoms with Gasteiger partial charge in [-0.25, -0.2) is 8.78 Å². The number of nitrogens with one attached hydrogen (secondary N) is 2. The molecule has 2 N–H and O–H groups in total.